The molecule has 4 rings (SSSR count). The first-order valence-electron chi connectivity index (χ1n) is 6.48. The van der Waals surface area contributed by atoms with Crippen LogP contribution in [0.25, 0.3) is 32.8 Å². The van der Waals surface area contributed by atoms with Crippen molar-refractivity contribution in [3.8, 4) is 11.5 Å². The molecule has 0 saturated carbocycles. The number of pyridine rings is 2. The van der Waals surface area contributed by atoms with E-state index in [4.69, 9.17) is 5.73 Å². The second-order valence-corrected chi connectivity index (χ2v) is 5.57. The molecule has 0 unspecified atom stereocenters. The zero-order valence-electron chi connectivity index (χ0n) is 11.2. The molecule has 106 valence electrons. The number of carbonyl (C=O) groups excluding carboxylic acids is 1. The van der Waals surface area contributed by atoms with E-state index in [1.807, 2.05) is 24.3 Å². The summed E-state index contributed by atoms with van der Waals surface area (Å²) < 4.78 is 0.819. The van der Waals surface area contributed by atoms with Crippen LogP contribution in [0.1, 0.15) is 10.4 Å². The number of hydrogen-bond acceptors (Lipinski definition) is 6. The lowest BCUT2D eigenvalue weighted by molar-refractivity contribution is 0.100. The van der Waals surface area contributed by atoms with Crippen LogP contribution < -0.4 is 5.73 Å². The molecule has 0 aromatic carbocycles. The molecule has 4 aromatic rings. The lowest BCUT2D eigenvalue weighted by Crippen LogP contribution is -2.10. The number of carbonyl (C=O) groups is 1. The van der Waals surface area contributed by atoms with E-state index in [0.717, 1.165) is 15.7 Å². The molecule has 0 aliphatic carbocycles. The highest BCUT2D eigenvalue weighted by molar-refractivity contribution is 7.17. The molecule has 0 spiro atoms. The smallest absolute Gasteiger partial charge is 0.251 e. The van der Waals surface area contributed by atoms with Crippen LogP contribution in [0.2, 0.25) is 0 Å². The summed E-state index contributed by atoms with van der Waals surface area (Å²) in [5.41, 5.74) is 8.55. The fourth-order valence-corrected chi connectivity index (χ4v) is 3.06. The third-order valence-corrected chi connectivity index (χ3v) is 4.17. The first kappa shape index (κ1) is 12.8. The van der Waals surface area contributed by atoms with Crippen LogP contribution in [0.3, 0.4) is 0 Å². The van der Waals surface area contributed by atoms with Gasteiger partial charge in [0.25, 0.3) is 5.91 Å². The molecule has 1 amide bonds. The van der Waals surface area contributed by atoms with Crippen molar-refractivity contribution in [2.75, 3.05) is 0 Å². The minimum Gasteiger partial charge on any atom is -0.366 e. The molecule has 0 fully saturated rings. The Kier molecular flexibility index (Phi) is 2.80. The Balaban J connectivity index is 1.91. The van der Waals surface area contributed by atoms with Crippen LogP contribution in [0, 0.1) is 0 Å². The highest BCUT2D eigenvalue weighted by atomic mass is 32.1. The number of amides is 1. The van der Waals surface area contributed by atoms with E-state index in [2.05, 4.69) is 19.9 Å². The Hall–Kier alpha value is -2.93. The normalized spacial score (nSPS) is 11.1. The van der Waals surface area contributed by atoms with Gasteiger partial charge in [0.15, 0.2) is 5.82 Å². The summed E-state index contributed by atoms with van der Waals surface area (Å²) in [7, 11) is 0. The largest absolute Gasteiger partial charge is 0.366 e. The molecule has 6 nitrogen and oxygen atoms in total. The van der Waals surface area contributed by atoms with E-state index in [0.29, 0.717) is 22.6 Å². The Morgan fingerprint density at radius 3 is 2.86 bits per heavy atom. The Morgan fingerprint density at radius 2 is 2.00 bits per heavy atom. The first-order chi connectivity index (χ1) is 10.7. The molecule has 4 heterocycles. The van der Waals surface area contributed by atoms with Crippen LogP contribution in [-0.2, 0) is 0 Å². The quantitative estimate of drug-likeness (QED) is 0.613. The summed E-state index contributed by atoms with van der Waals surface area (Å²) in [6, 6.07) is 7.39. The van der Waals surface area contributed by atoms with E-state index in [-0.39, 0.29) is 0 Å². The zero-order chi connectivity index (χ0) is 15.1. The van der Waals surface area contributed by atoms with Gasteiger partial charge in [0.05, 0.1) is 26.8 Å². The maximum atomic E-state index is 11.4. The van der Waals surface area contributed by atoms with Crippen LogP contribution >= 0.6 is 11.3 Å². The second kappa shape index (κ2) is 4.81. The van der Waals surface area contributed by atoms with Crippen molar-refractivity contribution in [3.63, 3.8) is 0 Å². The highest BCUT2D eigenvalue weighted by Crippen LogP contribution is 2.25. The summed E-state index contributed by atoms with van der Waals surface area (Å²) in [4.78, 5) is 29.0. The fraction of sp³-hybridized carbons (Fsp3) is 0. The predicted octanol–water partition coefficient (Wildman–Crippen LogP) is 2.40. The minimum absolute atomic E-state index is 0.408. The molecule has 0 aliphatic heterocycles. The van der Waals surface area contributed by atoms with Crippen molar-refractivity contribution >= 4 is 38.5 Å². The van der Waals surface area contributed by atoms with Gasteiger partial charge in [-0.25, -0.2) is 15.0 Å². The van der Waals surface area contributed by atoms with Crippen molar-refractivity contribution < 1.29 is 4.79 Å². The van der Waals surface area contributed by atoms with E-state index >= 15 is 0 Å². The molecule has 0 atom stereocenters. The molecule has 0 aliphatic rings. The summed E-state index contributed by atoms with van der Waals surface area (Å²) in [5, 5.41) is 1.70. The van der Waals surface area contributed by atoms with E-state index in [1.165, 1.54) is 11.3 Å². The zero-order valence-corrected chi connectivity index (χ0v) is 12.0. The van der Waals surface area contributed by atoms with Crippen LogP contribution in [0.5, 0.6) is 0 Å². The molecule has 4 aromatic heterocycles. The van der Waals surface area contributed by atoms with Gasteiger partial charge in [-0.15, -0.1) is 11.3 Å². The van der Waals surface area contributed by atoms with Crippen molar-refractivity contribution in [2.45, 2.75) is 0 Å². The van der Waals surface area contributed by atoms with Gasteiger partial charge >= 0.3 is 0 Å². The number of hydrogen-bond donors (Lipinski definition) is 1. The predicted molar refractivity (Wildman–Crippen MR) is 84.5 cm³/mol. The summed E-state index contributed by atoms with van der Waals surface area (Å²) in [5.74, 6) is -0.0364. The average Bonchev–Trinajstić information content (AvgIpc) is 2.97. The lowest BCUT2D eigenvalue weighted by atomic mass is 10.2. The lowest BCUT2D eigenvalue weighted by Gasteiger charge is -2.02. The van der Waals surface area contributed by atoms with E-state index in [9.17, 15) is 4.79 Å². The number of rotatable bonds is 2. The fourth-order valence-electron chi connectivity index (χ4n) is 2.21. The molecule has 0 saturated heterocycles. The summed E-state index contributed by atoms with van der Waals surface area (Å²) in [6.45, 7) is 0. The van der Waals surface area contributed by atoms with Crippen LogP contribution in [0.15, 0.2) is 42.0 Å². The summed E-state index contributed by atoms with van der Waals surface area (Å²) in [6.07, 6.45) is 3.40. The topological polar surface area (TPSA) is 94.7 Å². The minimum atomic E-state index is -0.494. The number of fused-ring (bicyclic) bond motifs is 2. The molecule has 0 radical (unpaired) electrons. The van der Waals surface area contributed by atoms with Crippen molar-refractivity contribution in [3.05, 3.63) is 47.6 Å². The standard InChI is InChI=1S/C15H9N5OS/c16-14(21)8-7-22-12-6-18-15(20-13(8)12)11-4-3-9-10(19-11)2-1-5-17-9/h1-7H,(H2,16,21). The third-order valence-electron chi connectivity index (χ3n) is 3.26. The molecule has 22 heavy (non-hydrogen) atoms. The van der Waals surface area contributed by atoms with Crippen LogP contribution in [-0.4, -0.2) is 25.8 Å². The number of nitrogens with zero attached hydrogens (tertiary/aromatic N) is 4. The molecule has 0 bridgehead atoms. The van der Waals surface area contributed by atoms with Crippen LogP contribution in [0.4, 0.5) is 0 Å². The number of aromatic nitrogens is 4. The van der Waals surface area contributed by atoms with Gasteiger partial charge in [0, 0.05) is 17.8 Å². The van der Waals surface area contributed by atoms with Gasteiger partial charge in [-0.2, -0.15) is 0 Å². The Bertz CT molecular complexity index is 1030. The highest BCUT2D eigenvalue weighted by Gasteiger charge is 2.13. The first-order valence-corrected chi connectivity index (χ1v) is 7.36. The average molecular weight is 307 g/mol. The van der Waals surface area contributed by atoms with Crippen molar-refractivity contribution in [1.29, 1.82) is 0 Å². The van der Waals surface area contributed by atoms with Gasteiger partial charge in [-0.3, -0.25) is 9.78 Å². The van der Waals surface area contributed by atoms with Crippen molar-refractivity contribution in [1.82, 2.24) is 19.9 Å². The molecule has 2 N–H and O–H groups in total. The Morgan fingerprint density at radius 1 is 1.09 bits per heavy atom. The van der Waals surface area contributed by atoms with Gasteiger partial charge < -0.3 is 5.73 Å². The third kappa shape index (κ3) is 1.99. The Labute approximate surface area is 128 Å². The second-order valence-electron chi connectivity index (χ2n) is 4.66. The van der Waals surface area contributed by atoms with Crippen molar-refractivity contribution in [2.24, 2.45) is 5.73 Å². The SMILES string of the molecule is NC(=O)c1csc2cnc(-c3ccc4ncccc4n3)nc12. The number of thiophene rings is 1. The molecular formula is C15H9N5OS. The number of primary amides is 1. The van der Waals surface area contributed by atoms with E-state index in [1.54, 1.807) is 17.8 Å². The summed E-state index contributed by atoms with van der Waals surface area (Å²) >= 11 is 1.39. The monoisotopic (exact) mass is 307 g/mol. The van der Waals surface area contributed by atoms with Gasteiger partial charge in [0.1, 0.15) is 5.69 Å². The number of nitrogens with two attached hydrogens (primary N) is 1. The molecular weight excluding hydrogens is 298 g/mol. The maximum absolute atomic E-state index is 11.4. The van der Waals surface area contributed by atoms with Gasteiger partial charge in [-0.05, 0) is 24.3 Å². The maximum Gasteiger partial charge on any atom is 0.251 e. The van der Waals surface area contributed by atoms with Gasteiger partial charge in [-0.1, -0.05) is 0 Å². The molecule has 7 heteroatoms. The van der Waals surface area contributed by atoms with Gasteiger partial charge in [0.2, 0.25) is 0 Å². The van der Waals surface area contributed by atoms with E-state index < -0.39 is 5.91 Å².